The van der Waals surface area contributed by atoms with E-state index in [1.54, 1.807) is 22.7 Å². The molecule has 216 valence electrons. The van der Waals surface area contributed by atoms with Gasteiger partial charge in [0.2, 0.25) is 0 Å². The van der Waals surface area contributed by atoms with Crippen molar-refractivity contribution in [3.05, 3.63) is 146 Å². The zero-order chi connectivity index (χ0) is 30.5. The second-order valence-corrected chi connectivity index (χ2v) is 13.2. The van der Waals surface area contributed by atoms with Gasteiger partial charge in [-0.2, -0.15) is 0 Å². The van der Waals surface area contributed by atoms with Gasteiger partial charge in [0, 0.05) is 48.0 Å². The van der Waals surface area contributed by atoms with E-state index in [1.165, 1.54) is 20.2 Å². The van der Waals surface area contributed by atoms with Crippen molar-refractivity contribution in [3.8, 4) is 55.9 Å². The van der Waals surface area contributed by atoms with Crippen LogP contribution in [0.3, 0.4) is 0 Å². The second kappa shape index (κ2) is 11.1. The number of fused-ring (bicyclic) bond motifs is 4. The average molecular weight is 625 g/mol. The zero-order valence-electron chi connectivity index (χ0n) is 24.5. The van der Waals surface area contributed by atoms with Crippen LogP contribution in [0.4, 0.5) is 0 Å². The van der Waals surface area contributed by atoms with Crippen molar-refractivity contribution in [3.63, 3.8) is 0 Å². The molecule has 0 saturated carbocycles. The summed E-state index contributed by atoms with van der Waals surface area (Å²) in [5.74, 6) is 2.00. The zero-order valence-corrected chi connectivity index (χ0v) is 26.1. The molecule has 46 heavy (non-hydrogen) atoms. The lowest BCUT2D eigenvalue weighted by molar-refractivity contribution is 1.08. The fraction of sp³-hybridized carbons (Fsp3) is 0. The van der Waals surface area contributed by atoms with Gasteiger partial charge in [0.1, 0.15) is 5.01 Å². The molecule has 3 aromatic heterocycles. The van der Waals surface area contributed by atoms with Crippen molar-refractivity contribution < 1.29 is 0 Å². The molecule has 0 atom stereocenters. The summed E-state index contributed by atoms with van der Waals surface area (Å²) in [6.45, 7) is 0. The molecule has 0 unspecified atom stereocenters. The van der Waals surface area contributed by atoms with Crippen LogP contribution < -0.4 is 0 Å². The molecule has 6 aromatic carbocycles. The molecule has 0 bridgehead atoms. The molecule has 0 aliphatic heterocycles. The Morgan fingerprint density at radius 3 is 1.67 bits per heavy atom. The van der Waals surface area contributed by atoms with Crippen LogP contribution in [0.15, 0.2) is 146 Å². The van der Waals surface area contributed by atoms with Crippen molar-refractivity contribution in [2.45, 2.75) is 0 Å². The van der Waals surface area contributed by atoms with Crippen LogP contribution in [0.1, 0.15) is 0 Å². The van der Waals surface area contributed by atoms with E-state index in [4.69, 9.17) is 19.9 Å². The summed E-state index contributed by atoms with van der Waals surface area (Å²) in [5, 5.41) is 3.46. The first-order chi connectivity index (χ1) is 22.8. The number of thiazole rings is 1. The van der Waals surface area contributed by atoms with Gasteiger partial charge in [0.15, 0.2) is 17.5 Å². The summed E-state index contributed by atoms with van der Waals surface area (Å²) in [4.78, 5) is 20.0. The van der Waals surface area contributed by atoms with Crippen LogP contribution >= 0.6 is 22.7 Å². The first kappa shape index (κ1) is 26.8. The first-order valence-corrected chi connectivity index (χ1v) is 16.7. The highest BCUT2D eigenvalue weighted by Gasteiger charge is 2.18. The third-order valence-corrected chi connectivity index (χ3v) is 10.5. The van der Waals surface area contributed by atoms with E-state index < -0.39 is 0 Å². The Morgan fingerprint density at radius 1 is 0.370 bits per heavy atom. The van der Waals surface area contributed by atoms with Crippen LogP contribution in [0.2, 0.25) is 0 Å². The van der Waals surface area contributed by atoms with Gasteiger partial charge >= 0.3 is 0 Å². The molecule has 6 heteroatoms. The standard InChI is InChI=1S/C40H24N4S2/c1-4-12-25(13-5-1)37-42-38(26-14-6-2-7-15-26)44-39(43-37)32-20-10-19-31-30-23-22-28(24-34(30)45-36(31)32)29-18-11-21-33-35(29)41-40(46-33)27-16-8-3-9-17-27/h1-24H. The fourth-order valence-corrected chi connectivity index (χ4v) is 8.21. The third kappa shape index (κ3) is 4.67. The lowest BCUT2D eigenvalue weighted by Gasteiger charge is -2.09. The maximum atomic E-state index is 5.10. The van der Waals surface area contributed by atoms with Gasteiger partial charge in [-0.3, -0.25) is 0 Å². The maximum Gasteiger partial charge on any atom is 0.165 e. The van der Waals surface area contributed by atoms with E-state index >= 15 is 0 Å². The number of para-hydroxylation sites is 1. The summed E-state index contributed by atoms with van der Waals surface area (Å²) in [7, 11) is 0. The Kier molecular flexibility index (Phi) is 6.47. The molecular weight excluding hydrogens is 601 g/mol. The van der Waals surface area contributed by atoms with E-state index in [-0.39, 0.29) is 0 Å². The highest BCUT2D eigenvalue weighted by atomic mass is 32.1. The molecule has 4 nitrogen and oxygen atoms in total. The minimum atomic E-state index is 0.663. The molecule has 0 fully saturated rings. The van der Waals surface area contributed by atoms with E-state index in [2.05, 4.69) is 78.9 Å². The van der Waals surface area contributed by atoms with Gasteiger partial charge < -0.3 is 0 Å². The predicted octanol–water partition coefficient (Wildman–Crippen LogP) is 11.2. The van der Waals surface area contributed by atoms with Crippen molar-refractivity contribution in [1.82, 2.24) is 19.9 Å². The largest absolute Gasteiger partial charge is 0.235 e. The average Bonchev–Trinajstić information content (AvgIpc) is 3.74. The molecular formula is C40H24N4S2. The van der Waals surface area contributed by atoms with Gasteiger partial charge in [-0.25, -0.2) is 19.9 Å². The summed E-state index contributed by atoms with van der Waals surface area (Å²) < 4.78 is 3.57. The molecule has 9 aromatic rings. The van der Waals surface area contributed by atoms with Crippen molar-refractivity contribution >= 4 is 53.1 Å². The second-order valence-electron chi connectivity index (χ2n) is 11.1. The van der Waals surface area contributed by atoms with Crippen molar-refractivity contribution in [2.24, 2.45) is 0 Å². The van der Waals surface area contributed by atoms with Gasteiger partial charge in [-0.15, -0.1) is 22.7 Å². The van der Waals surface area contributed by atoms with Crippen LogP contribution in [0, 0.1) is 0 Å². The highest BCUT2D eigenvalue weighted by Crippen LogP contribution is 2.42. The summed E-state index contributed by atoms with van der Waals surface area (Å²) in [5.41, 5.74) is 7.42. The molecule has 3 heterocycles. The molecule has 0 radical (unpaired) electrons. The summed E-state index contributed by atoms with van der Waals surface area (Å²) in [6, 6.07) is 50.3. The monoisotopic (exact) mass is 624 g/mol. The summed E-state index contributed by atoms with van der Waals surface area (Å²) in [6.07, 6.45) is 0. The lowest BCUT2D eigenvalue weighted by atomic mass is 10.0. The van der Waals surface area contributed by atoms with Crippen LogP contribution in [0.25, 0.3) is 86.3 Å². The SMILES string of the molecule is c1ccc(-c2nc(-c3ccccc3)nc(-c3cccc4c3sc3cc(-c5cccc6sc(-c7ccccc7)nc56)ccc34)n2)cc1. The Balaban J connectivity index is 1.19. The van der Waals surface area contributed by atoms with Crippen LogP contribution in [-0.2, 0) is 0 Å². The fourth-order valence-electron chi connectivity index (χ4n) is 5.96. The minimum Gasteiger partial charge on any atom is -0.235 e. The lowest BCUT2D eigenvalue weighted by Crippen LogP contribution is -2.00. The molecule has 0 saturated heterocycles. The van der Waals surface area contributed by atoms with Crippen molar-refractivity contribution in [2.75, 3.05) is 0 Å². The molecule has 9 rings (SSSR count). The number of aromatic nitrogens is 4. The topological polar surface area (TPSA) is 51.6 Å². The van der Waals surface area contributed by atoms with E-state index in [9.17, 15) is 0 Å². The van der Waals surface area contributed by atoms with Gasteiger partial charge in [0.05, 0.1) is 10.2 Å². The maximum absolute atomic E-state index is 5.10. The van der Waals surface area contributed by atoms with E-state index in [1.807, 2.05) is 66.7 Å². The number of rotatable bonds is 5. The van der Waals surface area contributed by atoms with Gasteiger partial charge in [-0.05, 0) is 23.8 Å². The Labute approximate surface area is 273 Å². The number of hydrogen-bond donors (Lipinski definition) is 0. The quantitative estimate of drug-likeness (QED) is 0.191. The predicted molar refractivity (Wildman–Crippen MR) is 193 cm³/mol. The Morgan fingerprint density at radius 2 is 0.978 bits per heavy atom. The summed E-state index contributed by atoms with van der Waals surface area (Å²) >= 11 is 3.52. The molecule has 0 N–H and O–H groups in total. The number of benzene rings is 6. The molecule has 0 aliphatic rings. The molecule has 0 spiro atoms. The minimum absolute atomic E-state index is 0.663. The van der Waals surface area contributed by atoms with E-state index in [0.717, 1.165) is 48.6 Å². The van der Waals surface area contributed by atoms with Crippen molar-refractivity contribution in [1.29, 1.82) is 0 Å². The van der Waals surface area contributed by atoms with Gasteiger partial charge in [0.25, 0.3) is 0 Å². The highest BCUT2D eigenvalue weighted by molar-refractivity contribution is 7.26. The normalized spacial score (nSPS) is 11.5. The molecule has 0 aliphatic carbocycles. The van der Waals surface area contributed by atoms with E-state index in [0.29, 0.717) is 17.5 Å². The Hall–Kier alpha value is -5.56. The van der Waals surface area contributed by atoms with Gasteiger partial charge in [-0.1, -0.05) is 127 Å². The van der Waals surface area contributed by atoms with Crippen LogP contribution in [-0.4, -0.2) is 19.9 Å². The first-order valence-electron chi connectivity index (χ1n) is 15.1. The Bertz CT molecular complexity index is 2460. The number of nitrogens with zero attached hydrogens (tertiary/aromatic N) is 4. The molecule has 0 amide bonds. The third-order valence-electron chi connectivity index (χ3n) is 8.19. The number of hydrogen-bond acceptors (Lipinski definition) is 6. The number of thiophene rings is 1. The smallest absolute Gasteiger partial charge is 0.165 e. The van der Waals surface area contributed by atoms with Crippen LogP contribution in [0.5, 0.6) is 0 Å².